The van der Waals surface area contributed by atoms with Gasteiger partial charge in [-0.3, -0.25) is 5.10 Å². The number of nitrogens with one attached hydrogen (secondary N) is 1. The molecule has 3 nitrogen and oxygen atoms in total. The molecule has 0 spiro atoms. The van der Waals surface area contributed by atoms with Gasteiger partial charge in [0.05, 0.1) is 5.56 Å². The maximum absolute atomic E-state index is 4.13. The maximum Gasteiger partial charge on any atom is 0.113 e. The van der Waals surface area contributed by atoms with Crippen LogP contribution in [-0.2, 0) is 0 Å². The van der Waals surface area contributed by atoms with Gasteiger partial charge in [0.1, 0.15) is 11.4 Å². The van der Waals surface area contributed by atoms with E-state index >= 15 is 0 Å². The number of H-pyrrole nitrogens is 1. The summed E-state index contributed by atoms with van der Waals surface area (Å²) in [6.07, 6.45) is 3.41. The van der Waals surface area contributed by atoms with Crippen LogP contribution in [0.15, 0.2) is 31.0 Å². The summed E-state index contributed by atoms with van der Waals surface area (Å²) < 4.78 is 0. The molecule has 1 N–H and O–H groups in total. The van der Waals surface area contributed by atoms with E-state index in [2.05, 4.69) is 33.6 Å². The minimum Gasteiger partial charge on any atom is -0.281 e. The van der Waals surface area contributed by atoms with Crippen molar-refractivity contribution in [1.29, 1.82) is 0 Å². The second-order valence-corrected chi connectivity index (χ2v) is 3.28. The van der Waals surface area contributed by atoms with E-state index in [0.29, 0.717) is 0 Å². The summed E-state index contributed by atoms with van der Waals surface area (Å²) in [5.41, 5.74) is 3.35. The highest BCUT2D eigenvalue weighted by molar-refractivity contribution is 5.56. The van der Waals surface area contributed by atoms with Crippen LogP contribution in [0.5, 0.6) is 0 Å². The number of nitrogens with zero attached hydrogens (tertiary/aromatic N) is 2. The lowest BCUT2D eigenvalue weighted by Gasteiger charge is -1.88. The SMILES string of the molecule is C=Cc1n[nH]c(C)c1C#Cc1ccccn1. The molecule has 0 fully saturated rings. The van der Waals surface area contributed by atoms with Gasteiger partial charge in [-0.15, -0.1) is 0 Å². The summed E-state index contributed by atoms with van der Waals surface area (Å²) in [6.45, 7) is 5.63. The predicted molar refractivity (Wildman–Crippen MR) is 63.6 cm³/mol. The molecular weight excluding hydrogens is 198 g/mol. The lowest BCUT2D eigenvalue weighted by molar-refractivity contribution is 1.04. The Labute approximate surface area is 94.2 Å². The lowest BCUT2D eigenvalue weighted by Crippen LogP contribution is -1.82. The van der Waals surface area contributed by atoms with Crippen LogP contribution in [0.1, 0.15) is 22.6 Å². The summed E-state index contributed by atoms with van der Waals surface area (Å²) in [5.74, 6) is 6.04. The van der Waals surface area contributed by atoms with Crippen molar-refractivity contribution in [2.45, 2.75) is 6.92 Å². The second kappa shape index (κ2) is 4.45. The molecule has 0 atom stereocenters. The molecule has 0 amide bonds. The van der Waals surface area contributed by atoms with Crippen LogP contribution < -0.4 is 0 Å². The highest BCUT2D eigenvalue weighted by Gasteiger charge is 2.03. The monoisotopic (exact) mass is 209 g/mol. The first-order valence-corrected chi connectivity index (χ1v) is 4.91. The minimum absolute atomic E-state index is 0.748. The third-order valence-corrected chi connectivity index (χ3v) is 2.15. The van der Waals surface area contributed by atoms with Gasteiger partial charge in [0.15, 0.2) is 0 Å². The Hall–Kier alpha value is -2.34. The summed E-state index contributed by atoms with van der Waals surface area (Å²) >= 11 is 0. The van der Waals surface area contributed by atoms with Crippen LogP contribution in [-0.4, -0.2) is 15.2 Å². The molecular formula is C13H11N3. The van der Waals surface area contributed by atoms with Crippen molar-refractivity contribution in [1.82, 2.24) is 15.2 Å². The Balaban J connectivity index is 2.38. The fourth-order valence-corrected chi connectivity index (χ4v) is 1.32. The first-order chi connectivity index (χ1) is 7.81. The fourth-order valence-electron chi connectivity index (χ4n) is 1.32. The molecule has 0 aliphatic carbocycles. The Morgan fingerprint density at radius 2 is 2.25 bits per heavy atom. The van der Waals surface area contributed by atoms with Crippen LogP contribution in [0.2, 0.25) is 0 Å². The molecule has 16 heavy (non-hydrogen) atoms. The molecule has 78 valence electrons. The normalized spacial score (nSPS) is 9.31. The van der Waals surface area contributed by atoms with E-state index in [4.69, 9.17) is 0 Å². The average molecular weight is 209 g/mol. The Morgan fingerprint density at radius 1 is 1.38 bits per heavy atom. The van der Waals surface area contributed by atoms with E-state index in [9.17, 15) is 0 Å². The van der Waals surface area contributed by atoms with Crippen molar-refractivity contribution >= 4 is 6.08 Å². The van der Waals surface area contributed by atoms with E-state index in [1.54, 1.807) is 12.3 Å². The first-order valence-electron chi connectivity index (χ1n) is 4.91. The fraction of sp³-hybridized carbons (Fsp3) is 0.0769. The Bertz CT molecular complexity index is 556. The van der Waals surface area contributed by atoms with Gasteiger partial charge in [0.2, 0.25) is 0 Å². The van der Waals surface area contributed by atoms with Crippen molar-refractivity contribution in [2.75, 3.05) is 0 Å². The largest absolute Gasteiger partial charge is 0.281 e. The number of rotatable bonds is 1. The maximum atomic E-state index is 4.13. The van der Waals surface area contributed by atoms with Crippen molar-refractivity contribution in [3.05, 3.63) is 53.6 Å². The molecule has 0 bridgehead atoms. The van der Waals surface area contributed by atoms with E-state index < -0.39 is 0 Å². The zero-order valence-electron chi connectivity index (χ0n) is 8.99. The van der Waals surface area contributed by atoms with Crippen molar-refractivity contribution < 1.29 is 0 Å². The predicted octanol–water partition coefficient (Wildman–Crippen LogP) is 2.16. The number of aromatic amines is 1. The zero-order valence-corrected chi connectivity index (χ0v) is 8.99. The Morgan fingerprint density at radius 3 is 2.94 bits per heavy atom. The van der Waals surface area contributed by atoms with Gasteiger partial charge in [0, 0.05) is 11.9 Å². The number of aromatic nitrogens is 3. The highest BCUT2D eigenvalue weighted by Crippen LogP contribution is 2.09. The average Bonchev–Trinajstić information content (AvgIpc) is 2.69. The summed E-state index contributed by atoms with van der Waals surface area (Å²) in [5, 5.41) is 6.96. The molecule has 0 aromatic carbocycles. The lowest BCUT2D eigenvalue weighted by atomic mass is 10.2. The quantitative estimate of drug-likeness (QED) is 0.731. The number of hydrogen-bond acceptors (Lipinski definition) is 2. The van der Waals surface area contributed by atoms with Gasteiger partial charge in [-0.2, -0.15) is 5.10 Å². The third-order valence-electron chi connectivity index (χ3n) is 2.15. The van der Waals surface area contributed by atoms with E-state index in [-0.39, 0.29) is 0 Å². The van der Waals surface area contributed by atoms with Crippen molar-refractivity contribution in [3.8, 4) is 11.8 Å². The molecule has 2 aromatic heterocycles. The van der Waals surface area contributed by atoms with Crippen LogP contribution >= 0.6 is 0 Å². The number of hydrogen-bond donors (Lipinski definition) is 1. The topological polar surface area (TPSA) is 41.6 Å². The highest BCUT2D eigenvalue weighted by atomic mass is 15.1. The Kier molecular flexibility index (Phi) is 2.84. The van der Waals surface area contributed by atoms with Crippen LogP contribution in [0, 0.1) is 18.8 Å². The van der Waals surface area contributed by atoms with Gasteiger partial charge < -0.3 is 0 Å². The van der Waals surface area contributed by atoms with Gasteiger partial charge >= 0.3 is 0 Å². The smallest absolute Gasteiger partial charge is 0.113 e. The number of pyridine rings is 1. The molecule has 0 unspecified atom stereocenters. The molecule has 0 aliphatic heterocycles. The van der Waals surface area contributed by atoms with Crippen LogP contribution in [0.4, 0.5) is 0 Å². The molecule has 0 radical (unpaired) electrons. The molecule has 2 rings (SSSR count). The summed E-state index contributed by atoms with van der Waals surface area (Å²) in [7, 11) is 0. The van der Waals surface area contributed by atoms with E-state index in [1.165, 1.54) is 0 Å². The molecule has 2 heterocycles. The zero-order chi connectivity index (χ0) is 11.4. The third kappa shape index (κ3) is 2.01. The van der Waals surface area contributed by atoms with Crippen LogP contribution in [0.3, 0.4) is 0 Å². The summed E-state index contributed by atoms with van der Waals surface area (Å²) in [6, 6.07) is 5.65. The summed E-state index contributed by atoms with van der Waals surface area (Å²) in [4.78, 5) is 4.13. The van der Waals surface area contributed by atoms with Crippen molar-refractivity contribution in [2.24, 2.45) is 0 Å². The van der Waals surface area contributed by atoms with Gasteiger partial charge in [-0.25, -0.2) is 4.98 Å². The second-order valence-electron chi connectivity index (χ2n) is 3.28. The number of aryl methyl sites for hydroxylation is 1. The van der Waals surface area contributed by atoms with E-state index in [1.807, 2.05) is 25.1 Å². The molecule has 0 saturated carbocycles. The van der Waals surface area contributed by atoms with E-state index in [0.717, 1.165) is 22.6 Å². The molecule has 0 aliphatic rings. The van der Waals surface area contributed by atoms with Crippen molar-refractivity contribution in [3.63, 3.8) is 0 Å². The van der Waals surface area contributed by atoms with Gasteiger partial charge in [0.25, 0.3) is 0 Å². The van der Waals surface area contributed by atoms with Gasteiger partial charge in [-0.05, 0) is 31.1 Å². The molecule has 0 saturated heterocycles. The van der Waals surface area contributed by atoms with Crippen LogP contribution in [0.25, 0.3) is 6.08 Å². The standard InChI is InChI=1S/C13H11N3/c1-3-13-12(10(2)15-16-13)8-7-11-6-4-5-9-14-11/h3-6,9H,1H2,2H3,(H,15,16). The van der Waals surface area contributed by atoms with Gasteiger partial charge in [-0.1, -0.05) is 18.6 Å². The first kappa shape index (κ1) is 10.2. The molecule has 2 aromatic rings. The minimum atomic E-state index is 0.748. The molecule has 3 heteroatoms.